The molecule has 0 bridgehead atoms. The van der Waals surface area contributed by atoms with Gasteiger partial charge >= 0.3 is 0 Å². The van der Waals surface area contributed by atoms with Crippen LogP contribution in [0.4, 0.5) is 0 Å². The largest absolute Gasteiger partial charge is 0.507 e. The Morgan fingerprint density at radius 2 is 1.73 bits per heavy atom. The molecule has 2 aromatic heterocycles. The normalized spacial score (nSPS) is 11.1. The van der Waals surface area contributed by atoms with Crippen molar-refractivity contribution in [2.45, 2.75) is 66.1 Å². The van der Waals surface area contributed by atoms with E-state index in [4.69, 9.17) is 4.98 Å². The highest BCUT2D eigenvalue weighted by atomic mass is 79.9. The summed E-state index contributed by atoms with van der Waals surface area (Å²) >= 11 is 3.47. The van der Waals surface area contributed by atoms with E-state index in [0.29, 0.717) is 5.78 Å². The van der Waals surface area contributed by atoms with E-state index in [-0.39, 0.29) is 11.7 Å². The van der Waals surface area contributed by atoms with Gasteiger partial charge in [0.1, 0.15) is 5.75 Å². The van der Waals surface area contributed by atoms with Gasteiger partial charge in [-0.3, -0.25) is 4.40 Å². The summed E-state index contributed by atoms with van der Waals surface area (Å²) < 4.78 is 2.09. The van der Waals surface area contributed by atoms with Crippen LogP contribution in [0.25, 0.3) is 17.0 Å². The molecule has 0 aliphatic rings. The summed E-state index contributed by atoms with van der Waals surface area (Å²) in [7, 11) is 0. The van der Waals surface area contributed by atoms with Gasteiger partial charge in [0.05, 0.1) is 11.4 Å². The summed E-state index contributed by atoms with van der Waals surface area (Å²) in [6.07, 6.45) is 1.15. The maximum Gasteiger partial charge on any atom is 0.235 e. The molecule has 0 unspecified atom stereocenters. The van der Waals surface area contributed by atoms with E-state index in [2.05, 4.69) is 91.1 Å². The average Bonchev–Trinajstić information content (AvgIpc) is 3.16. The molecule has 4 nitrogen and oxygen atoms in total. The number of aromatic hydroxyl groups is 1. The number of aryl methyl sites for hydroxylation is 4. The second-order valence-corrected chi connectivity index (χ2v) is 9.43. The number of hydrogen-bond acceptors (Lipinski definition) is 3. The fourth-order valence-electron chi connectivity index (χ4n) is 4.18. The second kappa shape index (κ2) is 10.5. The third kappa shape index (κ3) is 5.30. The van der Waals surface area contributed by atoms with Gasteiger partial charge in [-0.05, 0) is 80.5 Å². The first kappa shape index (κ1) is 25.0. The van der Waals surface area contributed by atoms with E-state index in [9.17, 15) is 5.11 Å². The summed E-state index contributed by atoms with van der Waals surface area (Å²) in [6.45, 7) is 14.9. The Hall–Kier alpha value is -2.66. The third-order valence-corrected chi connectivity index (χ3v) is 6.70. The molecule has 174 valence electrons. The first-order chi connectivity index (χ1) is 15.7. The molecule has 4 aromatic rings. The summed E-state index contributed by atoms with van der Waals surface area (Å²) in [5.41, 5.74) is 10.1. The summed E-state index contributed by atoms with van der Waals surface area (Å²) in [6, 6.07) is 14.2. The van der Waals surface area contributed by atoms with E-state index in [0.717, 1.165) is 45.7 Å². The number of rotatable bonds is 4. The monoisotopic (exact) mass is 507 g/mol. The Balaban J connectivity index is 0.000000257. The summed E-state index contributed by atoms with van der Waals surface area (Å²) in [4.78, 5) is 9.30. The van der Waals surface area contributed by atoms with Crippen molar-refractivity contribution >= 4 is 21.7 Å². The maximum absolute atomic E-state index is 10.4. The number of imidazole rings is 1. The molecule has 4 rings (SSSR count). The van der Waals surface area contributed by atoms with Crippen LogP contribution in [-0.2, 0) is 11.8 Å². The van der Waals surface area contributed by atoms with Crippen molar-refractivity contribution in [3.63, 3.8) is 0 Å². The number of halogens is 1. The standard InChI is InChI=1S/C18H20BrN3O.C10H14/c1-10(2)17-16(14-8-13(9-19)5-6-15(14)23)21-18-20-11(3)7-12(4)22(17)18;1-4-10-7-5-6-8(2)9(10)3/h5-8,10,23H,9H2,1-4H3;5-7H,4H2,1-3H3. The molecular weight excluding hydrogens is 474 g/mol. The molecular formula is C28H34BrN3O. The van der Waals surface area contributed by atoms with Crippen LogP contribution in [0.15, 0.2) is 42.5 Å². The average molecular weight is 509 g/mol. The van der Waals surface area contributed by atoms with Crippen LogP contribution in [0.2, 0.25) is 0 Å². The van der Waals surface area contributed by atoms with Crippen molar-refractivity contribution in [1.82, 2.24) is 14.4 Å². The smallest absolute Gasteiger partial charge is 0.235 e. The van der Waals surface area contributed by atoms with Crippen LogP contribution in [-0.4, -0.2) is 19.5 Å². The summed E-state index contributed by atoms with van der Waals surface area (Å²) in [5.74, 6) is 1.19. The highest BCUT2D eigenvalue weighted by Gasteiger charge is 2.21. The van der Waals surface area contributed by atoms with Gasteiger partial charge in [0.25, 0.3) is 0 Å². The van der Waals surface area contributed by atoms with Crippen LogP contribution in [0, 0.1) is 27.7 Å². The molecule has 0 saturated heterocycles. The zero-order valence-corrected chi connectivity index (χ0v) is 22.3. The van der Waals surface area contributed by atoms with Crippen molar-refractivity contribution < 1.29 is 5.11 Å². The van der Waals surface area contributed by atoms with Crippen LogP contribution in [0.1, 0.15) is 66.0 Å². The lowest BCUT2D eigenvalue weighted by atomic mass is 10.0. The zero-order valence-electron chi connectivity index (χ0n) is 20.7. The Morgan fingerprint density at radius 1 is 1.00 bits per heavy atom. The van der Waals surface area contributed by atoms with Crippen molar-refractivity contribution in [2.24, 2.45) is 0 Å². The first-order valence-electron chi connectivity index (χ1n) is 11.5. The SMILES string of the molecule is CCc1cccc(C)c1C.Cc1cc(C)n2c(C(C)C)c(-c3cc(CBr)ccc3O)nc2n1. The molecule has 0 amide bonds. The Bertz CT molecular complexity index is 1270. The fraction of sp³-hybridized carbons (Fsp3) is 0.357. The predicted molar refractivity (Wildman–Crippen MR) is 142 cm³/mol. The Labute approximate surface area is 205 Å². The van der Waals surface area contributed by atoms with Gasteiger partial charge in [-0.25, -0.2) is 9.97 Å². The number of fused-ring (bicyclic) bond motifs is 1. The van der Waals surface area contributed by atoms with E-state index < -0.39 is 0 Å². The molecule has 0 spiro atoms. The molecule has 0 aliphatic carbocycles. The van der Waals surface area contributed by atoms with Gasteiger partial charge in [0.2, 0.25) is 5.78 Å². The van der Waals surface area contributed by atoms with Gasteiger partial charge in [-0.1, -0.05) is 61.0 Å². The van der Waals surface area contributed by atoms with E-state index in [1.165, 1.54) is 16.7 Å². The molecule has 33 heavy (non-hydrogen) atoms. The molecule has 0 radical (unpaired) electrons. The minimum atomic E-state index is 0.245. The number of phenols is 1. The minimum Gasteiger partial charge on any atom is -0.507 e. The lowest BCUT2D eigenvalue weighted by molar-refractivity contribution is 0.477. The number of aromatic nitrogens is 3. The van der Waals surface area contributed by atoms with Gasteiger partial charge in [0.15, 0.2) is 0 Å². The van der Waals surface area contributed by atoms with Gasteiger partial charge in [-0.2, -0.15) is 0 Å². The lowest BCUT2D eigenvalue weighted by Crippen LogP contribution is -2.02. The number of phenolic OH excluding ortho intramolecular Hbond substituents is 1. The molecule has 0 saturated carbocycles. The fourth-order valence-corrected chi connectivity index (χ4v) is 4.53. The Morgan fingerprint density at radius 3 is 2.33 bits per heavy atom. The first-order valence-corrected chi connectivity index (χ1v) is 12.6. The molecule has 2 aromatic carbocycles. The quantitative estimate of drug-likeness (QED) is 0.289. The number of alkyl halides is 1. The number of nitrogens with zero attached hydrogens (tertiary/aromatic N) is 3. The van der Waals surface area contributed by atoms with Gasteiger partial charge in [0, 0.05) is 22.3 Å². The molecule has 2 heterocycles. The van der Waals surface area contributed by atoms with Gasteiger partial charge in [-0.15, -0.1) is 0 Å². The Kier molecular flexibility index (Phi) is 7.96. The molecule has 5 heteroatoms. The van der Waals surface area contributed by atoms with Crippen molar-refractivity contribution in [2.75, 3.05) is 0 Å². The lowest BCUT2D eigenvalue weighted by Gasteiger charge is -2.12. The minimum absolute atomic E-state index is 0.245. The van der Waals surface area contributed by atoms with Crippen LogP contribution in [0.3, 0.4) is 0 Å². The van der Waals surface area contributed by atoms with Crippen LogP contribution in [0.5, 0.6) is 5.75 Å². The van der Waals surface area contributed by atoms with E-state index in [1.807, 2.05) is 19.1 Å². The second-order valence-electron chi connectivity index (χ2n) is 8.87. The van der Waals surface area contributed by atoms with E-state index in [1.54, 1.807) is 6.07 Å². The highest BCUT2D eigenvalue weighted by Crippen LogP contribution is 2.36. The molecule has 0 atom stereocenters. The van der Waals surface area contributed by atoms with Crippen molar-refractivity contribution in [3.05, 3.63) is 81.8 Å². The third-order valence-electron chi connectivity index (χ3n) is 6.06. The number of hydrogen-bond donors (Lipinski definition) is 1. The maximum atomic E-state index is 10.4. The molecule has 0 aliphatic heterocycles. The van der Waals surface area contributed by atoms with Crippen LogP contribution < -0.4 is 0 Å². The highest BCUT2D eigenvalue weighted by molar-refractivity contribution is 9.08. The molecule has 0 fully saturated rings. The zero-order chi connectivity index (χ0) is 24.3. The van der Waals surface area contributed by atoms with Crippen LogP contribution >= 0.6 is 15.9 Å². The van der Waals surface area contributed by atoms with Crippen molar-refractivity contribution in [3.8, 4) is 17.0 Å². The number of benzene rings is 2. The van der Waals surface area contributed by atoms with E-state index >= 15 is 0 Å². The van der Waals surface area contributed by atoms with Gasteiger partial charge < -0.3 is 5.11 Å². The molecule has 1 N–H and O–H groups in total. The predicted octanol–water partition coefficient (Wildman–Crippen LogP) is 7.60. The van der Waals surface area contributed by atoms with Crippen molar-refractivity contribution in [1.29, 1.82) is 0 Å². The summed E-state index contributed by atoms with van der Waals surface area (Å²) in [5, 5.41) is 11.1. The topological polar surface area (TPSA) is 50.4 Å².